The van der Waals surface area contributed by atoms with Crippen molar-refractivity contribution >= 4 is 39.5 Å². The number of hydrogen-bond acceptors (Lipinski definition) is 15. The third-order valence-electron chi connectivity index (χ3n) is 18.6. The molecule has 0 aliphatic rings. The normalized spacial score (nSPS) is 14.0. The van der Waals surface area contributed by atoms with Crippen molar-refractivity contribution in [2.24, 2.45) is 17.8 Å². The van der Waals surface area contributed by atoms with Crippen molar-refractivity contribution in [2.45, 2.75) is 433 Å². The highest BCUT2D eigenvalue weighted by Gasteiger charge is 2.30. The zero-order valence-electron chi connectivity index (χ0n) is 65.0. The number of rotatable bonds is 78. The summed E-state index contributed by atoms with van der Waals surface area (Å²) in [5, 5.41) is 10.6. The Kier molecular flexibility index (Phi) is 69.0. The largest absolute Gasteiger partial charge is 0.472 e. The number of carbonyl (C=O) groups excluding carboxylic acids is 4. The van der Waals surface area contributed by atoms with Gasteiger partial charge in [0.05, 0.1) is 26.4 Å². The molecule has 0 saturated heterocycles. The smallest absolute Gasteiger partial charge is 0.462 e. The van der Waals surface area contributed by atoms with E-state index in [2.05, 4.69) is 48.5 Å². The molecule has 0 aliphatic heterocycles. The zero-order valence-corrected chi connectivity index (χ0v) is 66.8. The Labute approximate surface area is 607 Å². The number of esters is 4. The number of carbonyl (C=O) groups is 4. The van der Waals surface area contributed by atoms with Crippen LogP contribution in [0.3, 0.4) is 0 Å². The maximum atomic E-state index is 13.1. The summed E-state index contributed by atoms with van der Waals surface area (Å²) in [5.74, 6) is 0.200. The first-order valence-corrected chi connectivity index (χ1v) is 44.3. The highest BCUT2D eigenvalue weighted by atomic mass is 31.2. The molecule has 99 heavy (non-hydrogen) atoms. The van der Waals surface area contributed by atoms with Crippen LogP contribution >= 0.6 is 15.6 Å². The minimum absolute atomic E-state index is 0.107. The number of ether oxygens (including phenoxy) is 4. The van der Waals surface area contributed by atoms with Crippen molar-refractivity contribution in [3.63, 3.8) is 0 Å². The quantitative estimate of drug-likeness (QED) is 0.0222. The van der Waals surface area contributed by atoms with Crippen molar-refractivity contribution in [2.75, 3.05) is 39.6 Å². The van der Waals surface area contributed by atoms with E-state index >= 15 is 0 Å². The van der Waals surface area contributed by atoms with Crippen LogP contribution in [-0.2, 0) is 65.4 Å². The monoisotopic (exact) mass is 1450 g/mol. The lowest BCUT2D eigenvalue weighted by Crippen LogP contribution is -2.30. The fourth-order valence-corrected chi connectivity index (χ4v) is 13.9. The van der Waals surface area contributed by atoms with E-state index < -0.39 is 97.5 Å². The standard InChI is InChI=1S/C80H156O17P2/c1-8-9-10-11-12-13-14-15-17-21-28-33-42-49-56-63-80(85)97-76(68-91-78(83)62-55-48-41-36-35-39-46-53-60-73(6)7)70-95-99(88,89)93-66-74(81)65-92-98(86,87)94-69-75(67-90-77(82)61-54-47-40-32-27-24-23-26-31-38-45-52-59-72(4)5)96-79(84)64-57-50-43-34-29-22-19-16-18-20-25-30-37-44-51-58-71(2)3/h71-76,81H,8-70H2,1-7H3,(H,86,87)(H,88,89)/t74-,75-,76-/m1/s1. The summed E-state index contributed by atoms with van der Waals surface area (Å²) >= 11 is 0. The number of hydrogen-bond donors (Lipinski definition) is 3. The molecule has 0 fully saturated rings. The van der Waals surface area contributed by atoms with Crippen molar-refractivity contribution < 1.29 is 80.2 Å². The van der Waals surface area contributed by atoms with Gasteiger partial charge in [-0.3, -0.25) is 37.3 Å². The average Bonchev–Trinajstić information content (AvgIpc) is 1.01. The molecular formula is C80H156O17P2. The van der Waals surface area contributed by atoms with Crippen LogP contribution in [0.25, 0.3) is 0 Å². The van der Waals surface area contributed by atoms with E-state index in [1.54, 1.807) is 0 Å². The summed E-state index contributed by atoms with van der Waals surface area (Å²) in [6.07, 6.45) is 58.2. The fourth-order valence-electron chi connectivity index (χ4n) is 12.3. The van der Waals surface area contributed by atoms with Crippen molar-refractivity contribution in [3.8, 4) is 0 Å². The van der Waals surface area contributed by atoms with E-state index in [-0.39, 0.29) is 25.7 Å². The molecule has 17 nitrogen and oxygen atoms in total. The van der Waals surface area contributed by atoms with E-state index in [0.29, 0.717) is 25.7 Å². The zero-order chi connectivity index (χ0) is 73.0. The van der Waals surface area contributed by atoms with E-state index in [1.165, 1.54) is 225 Å². The van der Waals surface area contributed by atoms with Crippen molar-refractivity contribution in [1.29, 1.82) is 0 Å². The lowest BCUT2D eigenvalue weighted by atomic mass is 10.0. The highest BCUT2D eigenvalue weighted by Crippen LogP contribution is 2.45. The third-order valence-corrected chi connectivity index (χ3v) is 20.5. The van der Waals surface area contributed by atoms with Gasteiger partial charge in [-0.25, -0.2) is 9.13 Å². The summed E-state index contributed by atoms with van der Waals surface area (Å²) in [6.45, 7) is 11.9. The van der Waals surface area contributed by atoms with Gasteiger partial charge in [0.1, 0.15) is 19.3 Å². The van der Waals surface area contributed by atoms with E-state index in [0.717, 1.165) is 108 Å². The number of aliphatic hydroxyl groups excluding tert-OH is 1. The van der Waals surface area contributed by atoms with Gasteiger partial charge in [-0.15, -0.1) is 0 Å². The first kappa shape index (κ1) is 97.1. The summed E-state index contributed by atoms with van der Waals surface area (Å²) in [4.78, 5) is 73.0. The van der Waals surface area contributed by atoms with Crippen molar-refractivity contribution in [1.82, 2.24) is 0 Å². The fraction of sp³-hybridized carbons (Fsp3) is 0.950. The van der Waals surface area contributed by atoms with Crippen LogP contribution in [0.15, 0.2) is 0 Å². The van der Waals surface area contributed by atoms with E-state index in [1.807, 2.05) is 0 Å². The van der Waals surface area contributed by atoms with Gasteiger partial charge in [-0.2, -0.15) is 0 Å². The number of phosphoric acid groups is 2. The van der Waals surface area contributed by atoms with Crippen LogP contribution in [0.4, 0.5) is 0 Å². The second-order valence-corrected chi connectivity index (χ2v) is 33.1. The summed E-state index contributed by atoms with van der Waals surface area (Å²) in [5.41, 5.74) is 0. The molecule has 0 spiro atoms. The molecule has 5 atom stereocenters. The third kappa shape index (κ3) is 74.1. The number of unbranched alkanes of at least 4 members (excludes halogenated alkanes) is 46. The predicted octanol–water partition coefficient (Wildman–Crippen LogP) is 23.7. The molecule has 0 heterocycles. The molecule has 2 unspecified atom stereocenters. The predicted molar refractivity (Wildman–Crippen MR) is 405 cm³/mol. The minimum Gasteiger partial charge on any atom is -0.462 e. The topological polar surface area (TPSA) is 237 Å². The van der Waals surface area contributed by atoms with Crippen LogP contribution in [0.5, 0.6) is 0 Å². The first-order valence-electron chi connectivity index (χ1n) is 41.3. The second-order valence-electron chi connectivity index (χ2n) is 30.2. The van der Waals surface area contributed by atoms with Gasteiger partial charge in [0.25, 0.3) is 0 Å². The molecule has 0 aromatic heterocycles. The molecule has 0 amide bonds. The maximum absolute atomic E-state index is 13.1. The Bertz CT molecular complexity index is 1920. The summed E-state index contributed by atoms with van der Waals surface area (Å²) in [7, 11) is -9.92. The number of phosphoric ester groups is 2. The van der Waals surface area contributed by atoms with Crippen LogP contribution in [0, 0.1) is 17.8 Å². The Morgan fingerprint density at radius 2 is 0.465 bits per heavy atom. The van der Waals surface area contributed by atoms with Gasteiger partial charge < -0.3 is 33.8 Å². The van der Waals surface area contributed by atoms with Crippen LogP contribution in [0.1, 0.15) is 414 Å². The van der Waals surface area contributed by atoms with Crippen LogP contribution in [-0.4, -0.2) is 96.7 Å². The molecule has 0 aromatic carbocycles. The van der Waals surface area contributed by atoms with Gasteiger partial charge >= 0.3 is 39.5 Å². The van der Waals surface area contributed by atoms with Crippen molar-refractivity contribution in [3.05, 3.63) is 0 Å². The molecule has 0 aromatic rings. The first-order chi connectivity index (χ1) is 47.7. The molecule has 0 rings (SSSR count). The molecule has 588 valence electrons. The summed E-state index contributed by atoms with van der Waals surface area (Å²) in [6, 6.07) is 0. The van der Waals surface area contributed by atoms with E-state index in [4.69, 9.17) is 37.0 Å². The van der Waals surface area contributed by atoms with Gasteiger partial charge in [0.15, 0.2) is 12.2 Å². The van der Waals surface area contributed by atoms with Crippen LogP contribution in [0.2, 0.25) is 0 Å². The maximum Gasteiger partial charge on any atom is 0.472 e. The van der Waals surface area contributed by atoms with Gasteiger partial charge in [-0.05, 0) is 43.4 Å². The lowest BCUT2D eigenvalue weighted by molar-refractivity contribution is -0.161. The summed E-state index contributed by atoms with van der Waals surface area (Å²) < 4.78 is 68.7. The number of aliphatic hydroxyl groups is 1. The van der Waals surface area contributed by atoms with E-state index in [9.17, 15) is 43.2 Å². The van der Waals surface area contributed by atoms with Gasteiger partial charge in [0.2, 0.25) is 0 Å². The minimum atomic E-state index is -4.96. The molecule has 19 heteroatoms. The molecule has 0 saturated carbocycles. The molecule has 0 aliphatic carbocycles. The second kappa shape index (κ2) is 70.4. The van der Waals surface area contributed by atoms with Gasteiger partial charge in [-0.1, -0.05) is 363 Å². The Morgan fingerprint density at radius 3 is 0.687 bits per heavy atom. The SMILES string of the molecule is CCCCCCCCCCCCCCCCCC(=O)O[C@H](COC(=O)CCCCCCCCCCC(C)C)COP(=O)(O)OC[C@H](O)COP(=O)(O)OC[C@@H](COC(=O)CCCCCCCCCCCCCCC(C)C)OC(=O)CCCCCCCCCCCCCCCCCC(C)C. The lowest BCUT2D eigenvalue weighted by Gasteiger charge is -2.21. The molecule has 0 radical (unpaired) electrons. The van der Waals surface area contributed by atoms with Gasteiger partial charge in [0, 0.05) is 25.7 Å². The average molecular weight is 1450 g/mol. The molecule has 0 bridgehead atoms. The Morgan fingerprint density at radius 1 is 0.273 bits per heavy atom. The highest BCUT2D eigenvalue weighted by molar-refractivity contribution is 7.47. The molecular weight excluding hydrogens is 1290 g/mol. The Hall–Kier alpha value is -1.94. The van der Waals surface area contributed by atoms with Crippen LogP contribution < -0.4 is 0 Å². The molecule has 3 N–H and O–H groups in total. The Balaban J connectivity index is 5.26.